The summed E-state index contributed by atoms with van der Waals surface area (Å²) >= 11 is 0. The number of aliphatic imine (C=N–C) groups is 1. The van der Waals surface area contributed by atoms with Gasteiger partial charge in [0.2, 0.25) is 0 Å². The summed E-state index contributed by atoms with van der Waals surface area (Å²) in [6.45, 7) is 7.07. The van der Waals surface area contributed by atoms with E-state index in [2.05, 4.69) is 88.3 Å². The molecule has 32 heavy (non-hydrogen) atoms. The fourth-order valence-electron chi connectivity index (χ4n) is 4.01. The summed E-state index contributed by atoms with van der Waals surface area (Å²) in [4.78, 5) is 4.41. The van der Waals surface area contributed by atoms with Crippen molar-refractivity contribution in [3.8, 4) is 0 Å². The maximum absolute atomic E-state index is 5.19. The van der Waals surface area contributed by atoms with Gasteiger partial charge in [0, 0.05) is 44.4 Å². The molecule has 0 aliphatic rings. The van der Waals surface area contributed by atoms with E-state index in [0.29, 0.717) is 19.1 Å². The lowest BCUT2D eigenvalue weighted by atomic mass is 9.88. The van der Waals surface area contributed by atoms with E-state index in [9.17, 15) is 0 Å². The quantitative estimate of drug-likeness (QED) is 0.374. The average Bonchev–Trinajstić information content (AvgIpc) is 3.10. The first-order valence-electron chi connectivity index (χ1n) is 11.2. The Kier molecular flexibility index (Phi) is 8.87. The smallest absolute Gasteiger partial charge is 0.191 e. The second-order valence-electron chi connectivity index (χ2n) is 7.88. The molecule has 0 spiro atoms. The number of guanidine groups is 1. The van der Waals surface area contributed by atoms with Crippen molar-refractivity contribution in [2.24, 2.45) is 4.99 Å². The van der Waals surface area contributed by atoms with Crippen LogP contribution < -0.4 is 10.6 Å². The standard InChI is InChI=1S/C26H35N5O/c1-20-25(21(2)31(30-20)17-18-32-4)19-29-26(27-3)28-16-15-24(22-11-7-5-8-12-22)23-13-9-6-10-14-23/h5-14,24H,15-19H2,1-4H3,(H2,27,28,29). The highest BCUT2D eigenvalue weighted by Crippen LogP contribution is 2.27. The lowest BCUT2D eigenvalue weighted by Crippen LogP contribution is -2.38. The molecule has 0 saturated carbocycles. The Labute approximate surface area is 191 Å². The topological polar surface area (TPSA) is 63.5 Å². The molecule has 0 aliphatic heterocycles. The van der Waals surface area contributed by atoms with E-state index in [1.165, 1.54) is 16.7 Å². The van der Waals surface area contributed by atoms with Gasteiger partial charge in [-0.15, -0.1) is 0 Å². The number of aryl methyl sites for hydroxylation is 1. The minimum Gasteiger partial charge on any atom is -0.383 e. The Bertz CT molecular complexity index is 943. The number of hydrogen-bond acceptors (Lipinski definition) is 3. The van der Waals surface area contributed by atoms with Crippen LogP contribution in [0.25, 0.3) is 0 Å². The molecule has 3 rings (SSSR count). The van der Waals surface area contributed by atoms with E-state index < -0.39 is 0 Å². The maximum Gasteiger partial charge on any atom is 0.191 e. The van der Waals surface area contributed by atoms with E-state index in [0.717, 1.165) is 36.9 Å². The normalized spacial score (nSPS) is 11.7. The Morgan fingerprint density at radius 1 is 1.00 bits per heavy atom. The van der Waals surface area contributed by atoms with Crippen LogP contribution in [0.1, 0.15) is 40.4 Å². The van der Waals surface area contributed by atoms with Crippen LogP contribution in [0.15, 0.2) is 65.7 Å². The van der Waals surface area contributed by atoms with Gasteiger partial charge in [-0.25, -0.2) is 0 Å². The third-order valence-electron chi connectivity index (χ3n) is 5.82. The van der Waals surface area contributed by atoms with Crippen molar-refractivity contribution in [1.82, 2.24) is 20.4 Å². The summed E-state index contributed by atoms with van der Waals surface area (Å²) in [7, 11) is 3.52. The van der Waals surface area contributed by atoms with Gasteiger partial charge in [0.15, 0.2) is 5.96 Å². The van der Waals surface area contributed by atoms with Crippen LogP contribution in [0.2, 0.25) is 0 Å². The number of nitrogens with zero attached hydrogens (tertiary/aromatic N) is 3. The van der Waals surface area contributed by atoms with Crippen LogP contribution in [-0.2, 0) is 17.8 Å². The zero-order valence-electron chi connectivity index (χ0n) is 19.6. The van der Waals surface area contributed by atoms with E-state index in [4.69, 9.17) is 4.74 Å². The number of methoxy groups -OCH3 is 1. The molecule has 3 aromatic rings. The van der Waals surface area contributed by atoms with E-state index in [1.54, 1.807) is 7.11 Å². The molecule has 6 heteroatoms. The third kappa shape index (κ3) is 6.20. The molecule has 0 bridgehead atoms. The summed E-state index contributed by atoms with van der Waals surface area (Å²) in [5, 5.41) is 11.6. The molecule has 1 aromatic heterocycles. The van der Waals surface area contributed by atoms with Gasteiger partial charge in [-0.05, 0) is 31.4 Å². The number of rotatable bonds is 10. The number of nitrogens with one attached hydrogen (secondary N) is 2. The lowest BCUT2D eigenvalue weighted by Gasteiger charge is -2.19. The number of benzene rings is 2. The molecule has 0 radical (unpaired) electrons. The van der Waals surface area contributed by atoms with Crippen LogP contribution in [0.4, 0.5) is 0 Å². The fourth-order valence-corrected chi connectivity index (χ4v) is 4.01. The van der Waals surface area contributed by atoms with Crippen LogP contribution in [-0.4, -0.2) is 43.0 Å². The van der Waals surface area contributed by atoms with Crippen molar-refractivity contribution in [3.63, 3.8) is 0 Å². The summed E-state index contributed by atoms with van der Waals surface area (Å²) in [6, 6.07) is 21.4. The Morgan fingerprint density at radius 3 is 2.19 bits per heavy atom. The van der Waals surface area contributed by atoms with E-state index in [1.807, 2.05) is 18.7 Å². The number of aromatic nitrogens is 2. The Hall–Kier alpha value is -3.12. The van der Waals surface area contributed by atoms with Gasteiger partial charge in [-0.2, -0.15) is 5.10 Å². The van der Waals surface area contributed by atoms with Crippen molar-refractivity contribution in [2.45, 2.75) is 39.3 Å². The van der Waals surface area contributed by atoms with Crippen molar-refractivity contribution in [3.05, 3.63) is 88.7 Å². The van der Waals surface area contributed by atoms with Crippen LogP contribution in [0.3, 0.4) is 0 Å². The fraction of sp³-hybridized carbons (Fsp3) is 0.385. The van der Waals surface area contributed by atoms with E-state index >= 15 is 0 Å². The maximum atomic E-state index is 5.19. The Balaban J connectivity index is 1.59. The predicted octanol–water partition coefficient (Wildman–Crippen LogP) is 4.03. The van der Waals surface area contributed by atoms with Gasteiger partial charge in [-0.1, -0.05) is 60.7 Å². The van der Waals surface area contributed by atoms with Crippen LogP contribution >= 0.6 is 0 Å². The molecule has 0 unspecified atom stereocenters. The van der Waals surface area contributed by atoms with Crippen LogP contribution in [0.5, 0.6) is 0 Å². The second-order valence-corrected chi connectivity index (χ2v) is 7.88. The minimum absolute atomic E-state index is 0.339. The molecular formula is C26H35N5O. The van der Waals surface area contributed by atoms with Gasteiger partial charge in [0.05, 0.1) is 18.8 Å². The van der Waals surface area contributed by atoms with Gasteiger partial charge in [0.25, 0.3) is 0 Å². The van der Waals surface area contributed by atoms with Gasteiger partial charge in [0.1, 0.15) is 0 Å². The molecule has 170 valence electrons. The predicted molar refractivity (Wildman–Crippen MR) is 131 cm³/mol. The molecule has 0 aliphatic carbocycles. The highest BCUT2D eigenvalue weighted by atomic mass is 16.5. The van der Waals surface area contributed by atoms with E-state index in [-0.39, 0.29) is 0 Å². The van der Waals surface area contributed by atoms with Gasteiger partial charge >= 0.3 is 0 Å². The minimum atomic E-state index is 0.339. The first kappa shape index (κ1) is 23.5. The largest absolute Gasteiger partial charge is 0.383 e. The highest BCUT2D eigenvalue weighted by Gasteiger charge is 2.15. The van der Waals surface area contributed by atoms with Crippen LogP contribution in [0, 0.1) is 13.8 Å². The van der Waals surface area contributed by atoms with Crippen molar-refractivity contribution in [1.29, 1.82) is 0 Å². The summed E-state index contributed by atoms with van der Waals surface area (Å²) in [6.07, 6.45) is 0.974. The molecule has 6 nitrogen and oxygen atoms in total. The molecule has 0 fully saturated rings. The zero-order chi connectivity index (χ0) is 22.8. The number of ether oxygens (including phenoxy) is 1. The summed E-state index contributed by atoms with van der Waals surface area (Å²) < 4.78 is 7.20. The monoisotopic (exact) mass is 433 g/mol. The first-order chi connectivity index (χ1) is 15.6. The molecule has 1 heterocycles. The lowest BCUT2D eigenvalue weighted by molar-refractivity contribution is 0.182. The highest BCUT2D eigenvalue weighted by molar-refractivity contribution is 5.79. The second kappa shape index (κ2) is 12.1. The third-order valence-corrected chi connectivity index (χ3v) is 5.82. The molecular weight excluding hydrogens is 398 g/mol. The van der Waals surface area contributed by atoms with Gasteiger partial charge in [-0.3, -0.25) is 9.67 Å². The van der Waals surface area contributed by atoms with Crippen molar-refractivity contribution in [2.75, 3.05) is 27.3 Å². The molecule has 2 aromatic carbocycles. The molecule has 0 atom stereocenters. The van der Waals surface area contributed by atoms with Crippen molar-refractivity contribution < 1.29 is 4.74 Å². The first-order valence-corrected chi connectivity index (χ1v) is 11.2. The Morgan fingerprint density at radius 2 is 1.62 bits per heavy atom. The molecule has 0 saturated heterocycles. The molecule has 0 amide bonds. The molecule has 2 N–H and O–H groups in total. The summed E-state index contributed by atoms with van der Waals surface area (Å²) in [5.41, 5.74) is 6.07. The average molecular weight is 434 g/mol. The van der Waals surface area contributed by atoms with Gasteiger partial charge < -0.3 is 15.4 Å². The van der Waals surface area contributed by atoms with Crippen molar-refractivity contribution >= 4 is 5.96 Å². The zero-order valence-corrected chi connectivity index (χ0v) is 19.6. The summed E-state index contributed by atoms with van der Waals surface area (Å²) in [5.74, 6) is 1.14. The number of hydrogen-bond donors (Lipinski definition) is 2. The SMILES string of the molecule is CN=C(NCCC(c1ccccc1)c1ccccc1)NCc1c(C)nn(CCOC)c1C.